The van der Waals surface area contributed by atoms with Gasteiger partial charge in [-0.15, -0.1) is 0 Å². The third-order valence-corrected chi connectivity index (χ3v) is 5.77. The van der Waals surface area contributed by atoms with E-state index >= 15 is 0 Å². The molecule has 2 aromatic carbocycles. The summed E-state index contributed by atoms with van der Waals surface area (Å²) in [7, 11) is 0. The van der Waals surface area contributed by atoms with E-state index in [4.69, 9.17) is 28.9 Å². The summed E-state index contributed by atoms with van der Waals surface area (Å²) < 4.78 is 1.29. The number of amides is 1. The highest BCUT2D eigenvalue weighted by Gasteiger charge is 2.23. The maximum absolute atomic E-state index is 13.3. The molecule has 1 amide bonds. The van der Waals surface area contributed by atoms with Gasteiger partial charge in [0.2, 0.25) is 0 Å². The molecular formula is C24H24Cl2N4O3. The minimum atomic E-state index is -0.725. The Hall–Kier alpha value is -3.29. The van der Waals surface area contributed by atoms with Gasteiger partial charge in [0.05, 0.1) is 16.6 Å². The normalized spacial score (nSPS) is 11.1. The lowest BCUT2D eigenvalue weighted by molar-refractivity contribution is -0.114. The lowest BCUT2D eigenvalue weighted by Gasteiger charge is -2.23. The molecule has 3 aromatic rings. The number of nitrogens with one attached hydrogen (secondary N) is 1. The van der Waals surface area contributed by atoms with Crippen molar-refractivity contribution in [2.24, 2.45) is 0 Å². The van der Waals surface area contributed by atoms with Gasteiger partial charge >= 0.3 is 5.69 Å². The molecule has 0 bridgehead atoms. The second-order valence-electron chi connectivity index (χ2n) is 7.42. The van der Waals surface area contributed by atoms with Gasteiger partial charge in [0.15, 0.2) is 5.69 Å². The SMILES string of the molecule is CCCCn1c(N)c(N(Cc2ccccc2)C(=O)/C=C/c2ccc(Cl)c(Cl)c2)c(=O)[nH]c1=O. The van der Waals surface area contributed by atoms with Gasteiger partial charge in [-0.05, 0) is 35.8 Å². The summed E-state index contributed by atoms with van der Waals surface area (Å²) in [6, 6.07) is 14.2. The predicted octanol–water partition coefficient (Wildman–Crippen LogP) is 4.47. The number of halogens is 2. The Bertz CT molecular complexity index is 1280. The molecular weight excluding hydrogens is 463 g/mol. The van der Waals surface area contributed by atoms with Gasteiger partial charge < -0.3 is 5.73 Å². The maximum Gasteiger partial charge on any atom is 0.330 e. The van der Waals surface area contributed by atoms with Crippen molar-refractivity contribution in [2.45, 2.75) is 32.9 Å². The van der Waals surface area contributed by atoms with Crippen LogP contribution in [0, 0.1) is 0 Å². The van der Waals surface area contributed by atoms with Crippen LogP contribution in [0.2, 0.25) is 10.0 Å². The molecule has 33 heavy (non-hydrogen) atoms. The largest absolute Gasteiger partial charge is 0.383 e. The highest BCUT2D eigenvalue weighted by atomic mass is 35.5. The molecule has 3 rings (SSSR count). The Morgan fingerprint density at radius 3 is 2.52 bits per heavy atom. The van der Waals surface area contributed by atoms with Crippen LogP contribution in [0.25, 0.3) is 6.08 Å². The Balaban J connectivity index is 2.05. The number of unbranched alkanes of at least 4 members (excludes halogenated alkanes) is 1. The Morgan fingerprint density at radius 2 is 1.85 bits per heavy atom. The number of anilines is 2. The van der Waals surface area contributed by atoms with Gasteiger partial charge in [-0.1, -0.05) is 72.9 Å². The van der Waals surface area contributed by atoms with Crippen molar-refractivity contribution < 1.29 is 4.79 Å². The van der Waals surface area contributed by atoms with E-state index in [0.29, 0.717) is 28.6 Å². The standard InChI is InChI=1S/C24H24Cl2N4O3/c1-2-3-13-29-22(27)21(23(32)28-24(29)33)30(15-17-7-5-4-6-8-17)20(31)12-10-16-9-11-18(25)19(26)14-16/h4-12,14H,2-3,13,15,27H2,1H3,(H,28,32,33)/b12-10+. The quantitative estimate of drug-likeness (QED) is 0.458. The molecule has 0 spiro atoms. The smallest absolute Gasteiger partial charge is 0.330 e. The fourth-order valence-corrected chi connectivity index (χ4v) is 3.59. The maximum atomic E-state index is 13.3. The number of aromatic amines is 1. The van der Waals surface area contributed by atoms with E-state index in [-0.39, 0.29) is 18.1 Å². The lowest BCUT2D eigenvalue weighted by Crippen LogP contribution is -2.40. The van der Waals surface area contributed by atoms with E-state index in [2.05, 4.69) is 4.98 Å². The van der Waals surface area contributed by atoms with Gasteiger partial charge in [-0.2, -0.15) is 0 Å². The van der Waals surface area contributed by atoms with Crippen LogP contribution in [0.15, 0.2) is 64.2 Å². The van der Waals surface area contributed by atoms with Crippen LogP contribution in [0.3, 0.4) is 0 Å². The summed E-state index contributed by atoms with van der Waals surface area (Å²) in [5.74, 6) is -0.535. The zero-order chi connectivity index (χ0) is 24.0. The second kappa shape index (κ2) is 11.0. The molecule has 1 aromatic heterocycles. The van der Waals surface area contributed by atoms with Crippen LogP contribution in [0.1, 0.15) is 30.9 Å². The summed E-state index contributed by atoms with van der Waals surface area (Å²) in [5.41, 5.74) is 6.31. The fraction of sp³-hybridized carbons (Fsp3) is 0.208. The number of carbonyl (C=O) groups is 1. The first-order valence-corrected chi connectivity index (χ1v) is 11.2. The summed E-state index contributed by atoms with van der Waals surface area (Å²) in [6.07, 6.45) is 4.42. The van der Waals surface area contributed by atoms with Crippen molar-refractivity contribution in [1.82, 2.24) is 9.55 Å². The van der Waals surface area contributed by atoms with E-state index in [1.807, 2.05) is 37.3 Å². The Kier molecular flexibility index (Phi) is 8.14. The topological polar surface area (TPSA) is 101 Å². The number of aromatic nitrogens is 2. The molecule has 172 valence electrons. The number of nitrogens with zero attached hydrogens (tertiary/aromatic N) is 2. The molecule has 9 heteroatoms. The highest BCUT2D eigenvalue weighted by molar-refractivity contribution is 6.42. The molecule has 0 saturated carbocycles. The van der Waals surface area contributed by atoms with Crippen molar-refractivity contribution in [3.63, 3.8) is 0 Å². The van der Waals surface area contributed by atoms with Crippen molar-refractivity contribution in [1.29, 1.82) is 0 Å². The average Bonchev–Trinajstić information content (AvgIpc) is 2.79. The molecule has 0 aliphatic heterocycles. The van der Waals surface area contributed by atoms with E-state index in [1.165, 1.54) is 15.5 Å². The zero-order valence-electron chi connectivity index (χ0n) is 18.1. The molecule has 0 radical (unpaired) electrons. The van der Waals surface area contributed by atoms with Gasteiger partial charge in [0.1, 0.15) is 5.82 Å². The van der Waals surface area contributed by atoms with Crippen LogP contribution in [0.5, 0.6) is 0 Å². The van der Waals surface area contributed by atoms with Crippen molar-refractivity contribution >= 4 is 46.7 Å². The molecule has 0 aliphatic carbocycles. The number of H-pyrrole nitrogens is 1. The average molecular weight is 487 g/mol. The molecule has 0 atom stereocenters. The van der Waals surface area contributed by atoms with E-state index in [0.717, 1.165) is 12.0 Å². The Morgan fingerprint density at radius 1 is 1.12 bits per heavy atom. The first-order valence-electron chi connectivity index (χ1n) is 10.4. The van der Waals surface area contributed by atoms with Gasteiger partial charge in [0, 0.05) is 12.6 Å². The molecule has 1 heterocycles. The first-order chi connectivity index (χ1) is 15.8. The third kappa shape index (κ3) is 5.94. The van der Waals surface area contributed by atoms with Gasteiger partial charge in [-0.3, -0.25) is 24.0 Å². The summed E-state index contributed by atoms with van der Waals surface area (Å²) in [5, 5.41) is 0.760. The van der Waals surface area contributed by atoms with Crippen molar-refractivity contribution in [3.05, 3.63) is 96.6 Å². The van der Waals surface area contributed by atoms with Crippen LogP contribution in [-0.4, -0.2) is 15.5 Å². The highest BCUT2D eigenvalue weighted by Crippen LogP contribution is 2.24. The number of benzene rings is 2. The number of carbonyl (C=O) groups excluding carboxylic acids is 1. The monoisotopic (exact) mass is 486 g/mol. The number of rotatable bonds is 8. The summed E-state index contributed by atoms with van der Waals surface area (Å²) >= 11 is 12.0. The summed E-state index contributed by atoms with van der Waals surface area (Å²) in [6.45, 7) is 2.40. The van der Waals surface area contributed by atoms with Gasteiger partial charge in [0.25, 0.3) is 11.5 Å². The van der Waals surface area contributed by atoms with Crippen LogP contribution in [-0.2, 0) is 17.9 Å². The predicted molar refractivity (Wildman–Crippen MR) is 134 cm³/mol. The minimum absolute atomic E-state index is 0.0515. The van der Waals surface area contributed by atoms with Crippen LogP contribution >= 0.6 is 23.2 Å². The van der Waals surface area contributed by atoms with Gasteiger partial charge in [-0.25, -0.2) is 4.79 Å². The first kappa shape index (κ1) is 24.4. The van der Waals surface area contributed by atoms with Crippen molar-refractivity contribution in [3.8, 4) is 0 Å². The number of hydrogen-bond donors (Lipinski definition) is 2. The minimum Gasteiger partial charge on any atom is -0.383 e. The fourth-order valence-electron chi connectivity index (χ4n) is 3.28. The molecule has 3 N–H and O–H groups in total. The van der Waals surface area contributed by atoms with Crippen LogP contribution < -0.4 is 21.9 Å². The van der Waals surface area contributed by atoms with E-state index < -0.39 is 17.2 Å². The molecule has 0 saturated heterocycles. The lowest BCUT2D eigenvalue weighted by atomic mass is 10.2. The van der Waals surface area contributed by atoms with E-state index in [1.54, 1.807) is 24.3 Å². The molecule has 0 aliphatic rings. The summed E-state index contributed by atoms with van der Waals surface area (Å²) in [4.78, 5) is 41.9. The number of hydrogen-bond acceptors (Lipinski definition) is 4. The Labute approximate surface area is 201 Å². The van der Waals surface area contributed by atoms with E-state index in [9.17, 15) is 14.4 Å². The molecule has 0 fully saturated rings. The number of nitrogens with two attached hydrogens (primary N) is 1. The zero-order valence-corrected chi connectivity index (χ0v) is 19.6. The number of nitrogen functional groups attached to an aromatic ring is 1. The molecule has 0 unspecified atom stereocenters. The van der Waals surface area contributed by atoms with Crippen molar-refractivity contribution in [2.75, 3.05) is 10.6 Å². The third-order valence-electron chi connectivity index (χ3n) is 5.03. The second-order valence-corrected chi connectivity index (χ2v) is 8.23. The molecule has 7 nitrogen and oxygen atoms in total. The van der Waals surface area contributed by atoms with Crippen LogP contribution in [0.4, 0.5) is 11.5 Å².